The van der Waals surface area contributed by atoms with Gasteiger partial charge in [0, 0.05) is 13.2 Å². The molecule has 2 rings (SSSR count). The average molecular weight is 231 g/mol. The highest BCUT2D eigenvalue weighted by Crippen LogP contribution is 2.14. The molecule has 0 aromatic carbocycles. The van der Waals surface area contributed by atoms with Crippen LogP contribution in [0.4, 0.5) is 11.5 Å². The lowest BCUT2D eigenvalue weighted by atomic mass is 10.2. The molecule has 2 heterocycles. The highest BCUT2D eigenvalue weighted by molar-refractivity contribution is 6.03. The van der Waals surface area contributed by atoms with E-state index in [-0.39, 0.29) is 5.91 Å². The molecule has 0 fully saturated rings. The topological polar surface area (TPSA) is 85.8 Å². The normalized spacial score (nSPS) is 10.2. The second kappa shape index (κ2) is 4.25. The summed E-state index contributed by atoms with van der Waals surface area (Å²) in [7, 11) is 1.75. The summed E-state index contributed by atoms with van der Waals surface area (Å²) in [4.78, 5) is 15.9. The number of anilines is 2. The molecule has 0 aliphatic rings. The zero-order valence-corrected chi connectivity index (χ0v) is 9.64. The summed E-state index contributed by atoms with van der Waals surface area (Å²) in [5.41, 5.74) is 7.47. The number of carbonyl (C=O) groups excluding carboxylic acids is 1. The minimum Gasteiger partial charge on any atom is -0.397 e. The van der Waals surface area contributed by atoms with Gasteiger partial charge in [-0.1, -0.05) is 0 Å². The van der Waals surface area contributed by atoms with Crippen LogP contribution < -0.4 is 11.1 Å². The minimum atomic E-state index is -0.238. The molecule has 0 saturated heterocycles. The number of aryl methyl sites for hydroxylation is 2. The van der Waals surface area contributed by atoms with Crippen molar-refractivity contribution in [1.29, 1.82) is 0 Å². The third kappa shape index (κ3) is 2.41. The van der Waals surface area contributed by atoms with Crippen molar-refractivity contribution >= 4 is 17.4 Å². The largest absolute Gasteiger partial charge is 0.397 e. The van der Waals surface area contributed by atoms with Gasteiger partial charge in [-0.15, -0.1) is 0 Å². The van der Waals surface area contributed by atoms with Crippen LogP contribution in [0.3, 0.4) is 0 Å². The van der Waals surface area contributed by atoms with Gasteiger partial charge in [0.1, 0.15) is 5.82 Å². The van der Waals surface area contributed by atoms with Crippen molar-refractivity contribution in [2.75, 3.05) is 11.1 Å². The molecule has 0 saturated carbocycles. The summed E-state index contributed by atoms with van der Waals surface area (Å²) in [5, 5.41) is 6.64. The molecule has 6 heteroatoms. The molecule has 88 valence electrons. The number of pyridine rings is 1. The number of nitrogens with two attached hydrogens (primary N) is 1. The van der Waals surface area contributed by atoms with Crippen LogP contribution in [0.25, 0.3) is 0 Å². The number of nitrogen functional groups attached to an aromatic ring is 1. The Labute approximate surface area is 98.5 Å². The number of amides is 1. The maximum absolute atomic E-state index is 11.8. The molecule has 0 radical (unpaired) electrons. The van der Waals surface area contributed by atoms with Gasteiger partial charge in [-0.25, -0.2) is 4.98 Å². The first kappa shape index (κ1) is 11.1. The highest BCUT2D eigenvalue weighted by atomic mass is 16.1. The van der Waals surface area contributed by atoms with Gasteiger partial charge in [0.2, 0.25) is 0 Å². The molecule has 0 spiro atoms. The number of hydrogen-bond acceptors (Lipinski definition) is 4. The maximum atomic E-state index is 11.8. The monoisotopic (exact) mass is 231 g/mol. The Morgan fingerprint density at radius 2 is 2.24 bits per heavy atom. The lowest BCUT2D eigenvalue weighted by molar-refractivity contribution is 0.102. The molecular weight excluding hydrogens is 218 g/mol. The van der Waals surface area contributed by atoms with Crippen molar-refractivity contribution in [3.05, 3.63) is 35.8 Å². The fourth-order valence-electron chi connectivity index (χ4n) is 1.45. The third-order valence-corrected chi connectivity index (χ3v) is 2.30. The predicted octanol–water partition coefficient (Wildman–Crippen LogP) is 0.958. The molecule has 1 amide bonds. The van der Waals surface area contributed by atoms with Crippen LogP contribution in [0.2, 0.25) is 0 Å². The first-order chi connectivity index (χ1) is 8.06. The lowest BCUT2D eigenvalue weighted by Crippen LogP contribution is -2.13. The molecule has 0 unspecified atom stereocenters. The first-order valence-corrected chi connectivity index (χ1v) is 5.08. The van der Waals surface area contributed by atoms with Crippen molar-refractivity contribution in [2.24, 2.45) is 7.05 Å². The smallest absolute Gasteiger partial charge is 0.260 e. The van der Waals surface area contributed by atoms with E-state index in [9.17, 15) is 4.79 Å². The van der Waals surface area contributed by atoms with Gasteiger partial charge in [0.05, 0.1) is 23.6 Å². The number of aromatic nitrogens is 3. The predicted molar refractivity (Wildman–Crippen MR) is 64.5 cm³/mol. The molecule has 6 nitrogen and oxygen atoms in total. The molecule has 2 aromatic heterocycles. The van der Waals surface area contributed by atoms with Gasteiger partial charge in [-0.2, -0.15) is 5.10 Å². The van der Waals surface area contributed by atoms with Crippen molar-refractivity contribution < 1.29 is 4.79 Å². The maximum Gasteiger partial charge on any atom is 0.260 e. The Bertz CT molecular complexity index is 561. The van der Waals surface area contributed by atoms with Gasteiger partial charge in [-0.3, -0.25) is 9.48 Å². The summed E-state index contributed by atoms with van der Waals surface area (Å²) in [5.74, 6) is 0.270. The molecular formula is C11H13N5O. The summed E-state index contributed by atoms with van der Waals surface area (Å²) in [6.45, 7) is 1.84. The third-order valence-electron chi connectivity index (χ3n) is 2.30. The van der Waals surface area contributed by atoms with Gasteiger partial charge in [-0.05, 0) is 18.6 Å². The summed E-state index contributed by atoms with van der Waals surface area (Å²) >= 11 is 0. The van der Waals surface area contributed by atoms with Crippen LogP contribution in [0.15, 0.2) is 24.7 Å². The molecule has 17 heavy (non-hydrogen) atoms. The molecule has 0 aliphatic heterocycles. The molecule has 0 aliphatic carbocycles. The van der Waals surface area contributed by atoms with Crippen molar-refractivity contribution in [3.8, 4) is 0 Å². The van der Waals surface area contributed by atoms with E-state index in [1.54, 1.807) is 24.0 Å². The second-order valence-corrected chi connectivity index (χ2v) is 3.79. The standard InChI is InChI=1S/C11H13N5O/c1-7-3-9(12)5-13-10(7)15-11(17)8-4-14-16(2)6-8/h3-6H,12H2,1-2H3,(H,13,15,17). The van der Waals surface area contributed by atoms with Gasteiger partial charge in [0.25, 0.3) is 5.91 Å². The quantitative estimate of drug-likeness (QED) is 0.806. The number of carbonyl (C=O) groups is 1. The van der Waals surface area contributed by atoms with Crippen molar-refractivity contribution in [1.82, 2.24) is 14.8 Å². The Balaban J connectivity index is 2.18. The van der Waals surface area contributed by atoms with Crippen LogP contribution in [0.1, 0.15) is 15.9 Å². The van der Waals surface area contributed by atoms with Gasteiger partial charge >= 0.3 is 0 Å². The fourth-order valence-corrected chi connectivity index (χ4v) is 1.45. The van der Waals surface area contributed by atoms with Crippen LogP contribution in [0, 0.1) is 6.92 Å². The zero-order valence-electron chi connectivity index (χ0n) is 9.64. The number of rotatable bonds is 2. The van der Waals surface area contributed by atoms with E-state index in [2.05, 4.69) is 15.4 Å². The van der Waals surface area contributed by atoms with E-state index in [4.69, 9.17) is 5.73 Å². The van der Waals surface area contributed by atoms with Gasteiger partial charge in [0.15, 0.2) is 0 Å². The number of nitrogens with one attached hydrogen (secondary N) is 1. The van der Waals surface area contributed by atoms with Gasteiger partial charge < -0.3 is 11.1 Å². The Kier molecular flexibility index (Phi) is 2.78. The van der Waals surface area contributed by atoms with Crippen molar-refractivity contribution in [3.63, 3.8) is 0 Å². The van der Waals surface area contributed by atoms with E-state index in [1.807, 2.05) is 6.92 Å². The molecule has 3 N–H and O–H groups in total. The minimum absolute atomic E-state index is 0.238. The Hall–Kier alpha value is -2.37. The summed E-state index contributed by atoms with van der Waals surface area (Å²) in [6, 6.07) is 1.76. The molecule has 0 atom stereocenters. The van der Waals surface area contributed by atoms with E-state index < -0.39 is 0 Å². The number of hydrogen-bond donors (Lipinski definition) is 2. The summed E-state index contributed by atoms with van der Waals surface area (Å²) < 4.78 is 1.57. The van der Waals surface area contributed by atoms with E-state index in [0.29, 0.717) is 17.1 Å². The second-order valence-electron chi connectivity index (χ2n) is 3.79. The van der Waals surface area contributed by atoms with Crippen molar-refractivity contribution in [2.45, 2.75) is 6.92 Å². The van der Waals surface area contributed by atoms with E-state index in [1.165, 1.54) is 12.4 Å². The van der Waals surface area contributed by atoms with Crippen LogP contribution in [-0.2, 0) is 7.05 Å². The average Bonchev–Trinajstić information content (AvgIpc) is 2.69. The molecule has 0 bridgehead atoms. The Morgan fingerprint density at radius 3 is 2.82 bits per heavy atom. The zero-order chi connectivity index (χ0) is 12.4. The lowest BCUT2D eigenvalue weighted by Gasteiger charge is -2.06. The first-order valence-electron chi connectivity index (χ1n) is 5.08. The Morgan fingerprint density at radius 1 is 1.47 bits per heavy atom. The number of nitrogens with zero attached hydrogens (tertiary/aromatic N) is 3. The van der Waals surface area contributed by atoms with Crippen LogP contribution in [-0.4, -0.2) is 20.7 Å². The molecule has 2 aromatic rings. The van der Waals surface area contributed by atoms with Crippen LogP contribution >= 0.6 is 0 Å². The summed E-state index contributed by atoms with van der Waals surface area (Å²) in [6.07, 6.45) is 4.65. The SMILES string of the molecule is Cc1cc(N)cnc1NC(=O)c1cnn(C)c1. The highest BCUT2D eigenvalue weighted by Gasteiger charge is 2.10. The van der Waals surface area contributed by atoms with Crippen LogP contribution in [0.5, 0.6) is 0 Å². The van der Waals surface area contributed by atoms with E-state index >= 15 is 0 Å². The van der Waals surface area contributed by atoms with E-state index in [0.717, 1.165) is 5.56 Å². The fraction of sp³-hybridized carbons (Fsp3) is 0.182.